The Bertz CT molecular complexity index is 1220. The van der Waals surface area contributed by atoms with E-state index >= 15 is 0 Å². The van der Waals surface area contributed by atoms with Crippen LogP contribution < -0.4 is 4.72 Å². The summed E-state index contributed by atoms with van der Waals surface area (Å²) in [5.74, 6) is -0.797. The standard InChI is InChI=1S/C26H28N2O5S/c1-18(25(29)17-34(32,33)27-15-19-9-3-2-4-10-19)28(26(30)31)16-24-22-13-7-5-11-20(22)21-12-6-8-14-23(21)24/h2-14,18,24-25,27,29H,15-17H2,1H3,(H,30,31)/t18-,25?/m0/s1. The maximum absolute atomic E-state index is 12.5. The molecule has 0 bridgehead atoms. The minimum absolute atomic E-state index is 0.0998. The van der Waals surface area contributed by atoms with Crippen molar-refractivity contribution in [3.05, 3.63) is 95.6 Å². The van der Waals surface area contributed by atoms with Gasteiger partial charge < -0.3 is 15.1 Å². The number of hydrogen-bond acceptors (Lipinski definition) is 4. The second kappa shape index (κ2) is 9.97. The van der Waals surface area contributed by atoms with Crippen molar-refractivity contribution in [2.45, 2.75) is 31.5 Å². The van der Waals surface area contributed by atoms with Crippen LogP contribution in [0.25, 0.3) is 11.1 Å². The lowest BCUT2D eigenvalue weighted by molar-refractivity contribution is 0.0651. The Hall–Kier alpha value is -3.20. The van der Waals surface area contributed by atoms with Crippen molar-refractivity contribution in [2.75, 3.05) is 12.3 Å². The van der Waals surface area contributed by atoms with Crippen LogP contribution in [0, 0.1) is 0 Å². The minimum Gasteiger partial charge on any atom is -0.465 e. The minimum atomic E-state index is -3.83. The van der Waals surface area contributed by atoms with Gasteiger partial charge in [0.1, 0.15) is 0 Å². The van der Waals surface area contributed by atoms with Crippen LogP contribution in [-0.2, 0) is 16.6 Å². The van der Waals surface area contributed by atoms with Crippen molar-refractivity contribution in [1.29, 1.82) is 0 Å². The van der Waals surface area contributed by atoms with Gasteiger partial charge in [0, 0.05) is 19.0 Å². The molecule has 34 heavy (non-hydrogen) atoms. The molecular weight excluding hydrogens is 452 g/mol. The monoisotopic (exact) mass is 480 g/mol. The Balaban J connectivity index is 1.49. The zero-order chi connectivity index (χ0) is 24.3. The predicted molar refractivity (Wildman–Crippen MR) is 131 cm³/mol. The molecule has 0 fully saturated rings. The molecule has 0 heterocycles. The molecule has 3 aromatic carbocycles. The third kappa shape index (κ3) is 5.14. The Morgan fingerprint density at radius 1 is 0.941 bits per heavy atom. The number of amides is 1. The van der Waals surface area contributed by atoms with E-state index in [4.69, 9.17) is 0 Å². The fraction of sp³-hybridized carbons (Fsp3) is 0.269. The van der Waals surface area contributed by atoms with Crippen LogP contribution in [0.15, 0.2) is 78.9 Å². The molecule has 0 aromatic heterocycles. The van der Waals surface area contributed by atoms with Gasteiger partial charge in [-0.25, -0.2) is 17.9 Å². The van der Waals surface area contributed by atoms with Crippen molar-refractivity contribution in [2.24, 2.45) is 0 Å². The molecule has 178 valence electrons. The average molecular weight is 481 g/mol. The summed E-state index contributed by atoms with van der Waals surface area (Å²) in [6.07, 6.45) is -2.60. The lowest BCUT2D eigenvalue weighted by atomic mass is 9.95. The third-order valence-electron chi connectivity index (χ3n) is 6.37. The van der Waals surface area contributed by atoms with Gasteiger partial charge in [-0.3, -0.25) is 0 Å². The molecule has 0 aliphatic heterocycles. The van der Waals surface area contributed by atoms with Gasteiger partial charge in [-0.15, -0.1) is 0 Å². The number of sulfonamides is 1. The van der Waals surface area contributed by atoms with Crippen molar-refractivity contribution in [3.8, 4) is 11.1 Å². The van der Waals surface area contributed by atoms with E-state index in [1.165, 1.54) is 6.92 Å². The zero-order valence-corrected chi connectivity index (χ0v) is 19.7. The molecule has 4 rings (SSSR count). The lowest BCUT2D eigenvalue weighted by Gasteiger charge is -2.32. The van der Waals surface area contributed by atoms with E-state index < -0.39 is 34.0 Å². The van der Waals surface area contributed by atoms with Gasteiger partial charge in [0.15, 0.2) is 0 Å². The molecule has 3 N–H and O–H groups in total. The van der Waals surface area contributed by atoms with Gasteiger partial charge >= 0.3 is 6.09 Å². The largest absolute Gasteiger partial charge is 0.465 e. The number of carboxylic acid groups (broad SMARTS) is 1. The summed E-state index contributed by atoms with van der Waals surface area (Å²) in [5, 5.41) is 20.7. The number of rotatable bonds is 9. The van der Waals surface area contributed by atoms with E-state index in [-0.39, 0.29) is 19.0 Å². The summed E-state index contributed by atoms with van der Waals surface area (Å²) in [6.45, 7) is 1.75. The fourth-order valence-electron chi connectivity index (χ4n) is 4.49. The summed E-state index contributed by atoms with van der Waals surface area (Å²) >= 11 is 0. The lowest BCUT2D eigenvalue weighted by Crippen LogP contribution is -2.49. The maximum Gasteiger partial charge on any atom is 0.407 e. The summed E-state index contributed by atoms with van der Waals surface area (Å²) in [5.41, 5.74) is 4.96. The zero-order valence-electron chi connectivity index (χ0n) is 18.8. The molecule has 0 radical (unpaired) electrons. The van der Waals surface area contributed by atoms with Crippen LogP contribution in [0.2, 0.25) is 0 Å². The topological polar surface area (TPSA) is 107 Å². The first kappa shape index (κ1) is 23.9. The fourth-order valence-corrected chi connectivity index (χ4v) is 5.72. The first-order valence-electron chi connectivity index (χ1n) is 11.1. The van der Waals surface area contributed by atoms with Crippen LogP contribution in [0.5, 0.6) is 0 Å². The van der Waals surface area contributed by atoms with Crippen LogP contribution in [-0.4, -0.2) is 54.1 Å². The Kier molecular flexibility index (Phi) is 7.02. The van der Waals surface area contributed by atoms with Crippen molar-refractivity contribution in [3.63, 3.8) is 0 Å². The number of aliphatic hydroxyl groups is 1. The van der Waals surface area contributed by atoms with E-state index in [0.717, 1.165) is 32.7 Å². The molecule has 8 heteroatoms. The molecule has 0 spiro atoms. The van der Waals surface area contributed by atoms with E-state index in [9.17, 15) is 23.4 Å². The van der Waals surface area contributed by atoms with E-state index in [2.05, 4.69) is 4.72 Å². The number of hydrogen-bond donors (Lipinski definition) is 3. The molecule has 2 atom stereocenters. The quantitative estimate of drug-likeness (QED) is 0.433. The molecule has 1 amide bonds. The second-order valence-corrected chi connectivity index (χ2v) is 10.4. The Morgan fingerprint density at radius 2 is 1.47 bits per heavy atom. The Morgan fingerprint density at radius 3 is 2.03 bits per heavy atom. The third-order valence-corrected chi connectivity index (χ3v) is 7.73. The van der Waals surface area contributed by atoms with Gasteiger partial charge in [0.05, 0.1) is 17.9 Å². The number of nitrogens with one attached hydrogen (secondary N) is 1. The van der Waals surface area contributed by atoms with Gasteiger partial charge in [-0.1, -0.05) is 78.9 Å². The highest BCUT2D eigenvalue weighted by molar-refractivity contribution is 7.89. The smallest absolute Gasteiger partial charge is 0.407 e. The molecule has 1 unspecified atom stereocenters. The number of fused-ring (bicyclic) bond motifs is 3. The molecule has 0 saturated heterocycles. The summed E-state index contributed by atoms with van der Waals surface area (Å²) in [4.78, 5) is 13.3. The molecule has 1 aliphatic carbocycles. The van der Waals surface area contributed by atoms with Gasteiger partial charge in [-0.05, 0) is 34.7 Å². The Labute approximate surface area is 199 Å². The van der Waals surface area contributed by atoms with Gasteiger partial charge in [0.2, 0.25) is 10.0 Å². The van der Waals surface area contributed by atoms with Gasteiger partial charge in [-0.2, -0.15) is 0 Å². The summed E-state index contributed by atoms with van der Waals surface area (Å²) < 4.78 is 27.6. The van der Waals surface area contributed by atoms with E-state index in [1.54, 1.807) is 12.1 Å². The van der Waals surface area contributed by atoms with Crippen LogP contribution in [0.3, 0.4) is 0 Å². The van der Waals surface area contributed by atoms with Crippen LogP contribution >= 0.6 is 0 Å². The van der Waals surface area contributed by atoms with Crippen molar-refractivity contribution < 1.29 is 23.4 Å². The first-order chi connectivity index (χ1) is 16.3. The number of benzene rings is 3. The SMILES string of the molecule is C[C@@H](C(O)CS(=O)(=O)NCc1ccccc1)N(CC1c2ccccc2-c2ccccc21)C(=O)O. The number of carbonyl (C=O) groups is 1. The summed E-state index contributed by atoms with van der Waals surface area (Å²) in [7, 11) is -3.83. The van der Waals surface area contributed by atoms with E-state index in [1.807, 2.05) is 66.7 Å². The van der Waals surface area contributed by atoms with Crippen molar-refractivity contribution >= 4 is 16.1 Å². The van der Waals surface area contributed by atoms with Crippen molar-refractivity contribution in [1.82, 2.24) is 9.62 Å². The number of nitrogens with zero attached hydrogens (tertiary/aromatic N) is 1. The van der Waals surface area contributed by atoms with Crippen LogP contribution in [0.4, 0.5) is 4.79 Å². The highest BCUT2D eigenvalue weighted by atomic mass is 32.2. The normalized spacial score (nSPS) is 14.8. The average Bonchev–Trinajstić information content (AvgIpc) is 3.15. The van der Waals surface area contributed by atoms with E-state index in [0.29, 0.717) is 0 Å². The molecular formula is C26H28N2O5S. The predicted octanol–water partition coefficient (Wildman–Crippen LogP) is 3.65. The highest BCUT2D eigenvalue weighted by Crippen LogP contribution is 2.45. The molecule has 1 aliphatic rings. The molecule has 7 nitrogen and oxygen atoms in total. The maximum atomic E-state index is 12.5. The summed E-state index contributed by atoms with van der Waals surface area (Å²) in [6, 6.07) is 23.9. The molecule has 0 saturated carbocycles. The molecule has 3 aromatic rings. The highest BCUT2D eigenvalue weighted by Gasteiger charge is 2.35. The second-order valence-electron chi connectivity index (χ2n) is 8.56. The van der Waals surface area contributed by atoms with Crippen LogP contribution in [0.1, 0.15) is 29.5 Å². The van der Waals surface area contributed by atoms with Gasteiger partial charge in [0.25, 0.3) is 0 Å². The number of aliphatic hydroxyl groups excluding tert-OH is 1. The first-order valence-corrected chi connectivity index (χ1v) is 12.8.